The molecule has 0 radical (unpaired) electrons. The van der Waals surface area contributed by atoms with E-state index in [9.17, 15) is 4.79 Å². The molecule has 1 heterocycles. The Bertz CT molecular complexity index is 651. The summed E-state index contributed by atoms with van der Waals surface area (Å²) in [5.41, 5.74) is 3.00. The standard InChI is InChI=1S/C18H20N2O2.ClH/c1-2-19-12-14-8-3-5-9-15(14)20-18(21)17-11-13-7-4-6-10-16(13)22-17;/h3-10,17,19H,2,11-12H2,1H3,(H,20,21);1H. The van der Waals surface area contributed by atoms with E-state index < -0.39 is 6.10 Å². The van der Waals surface area contributed by atoms with Gasteiger partial charge >= 0.3 is 0 Å². The summed E-state index contributed by atoms with van der Waals surface area (Å²) in [4.78, 5) is 12.5. The molecule has 1 amide bonds. The minimum absolute atomic E-state index is 0. The smallest absolute Gasteiger partial charge is 0.265 e. The van der Waals surface area contributed by atoms with Gasteiger partial charge in [0, 0.05) is 18.7 Å². The second kappa shape index (κ2) is 7.99. The maximum Gasteiger partial charge on any atom is 0.265 e. The van der Waals surface area contributed by atoms with Crippen LogP contribution in [-0.2, 0) is 17.8 Å². The molecule has 2 aromatic carbocycles. The van der Waals surface area contributed by atoms with Gasteiger partial charge in [-0.2, -0.15) is 0 Å². The van der Waals surface area contributed by atoms with Crippen molar-refractivity contribution in [3.8, 4) is 5.75 Å². The number of hydrogen-bond donors (Lipinski definition) is 2. The average molecular weight is 333 g/mol. The summed E-state index contributed by atoms with van der Waals surface area (Å²) in [5.74, 6) is 0.712. The summed E-state index contributed by atoms with van der Waals surface area (Å²) in [6, 6.07) is 15.6. The molecule has 23 heavy (non-hydrogen) atoms. The highest BCUT2D eigenvalue weighted by Gasteiger charge is 2.29. The van der Waals surface area contributed by atoms with E-state index in [0.717, 1.165) is 35.7 Å². The first-order valence-electron chi connectivity index (χ1n) is 7.62. The molecule has 0 aromatic heterocycles. The number of benzene rings is 2. The van der Waals surface area contributed by atoms with Crippen molar-refractivity contribution in [2.45, 2.75) is 26.0 Å². The van der Waals surface area contributed by atoms with Crippen molar-refractivity contribution in [1.29, 1.82) is 0 Å². The second-order valence-electron chi connectivity index (χ2n) is 5.35. The zero-order chi connectivity index (χ0) is 15.4. The Morgan fingerprint density at radius 3 is 2.70 bits per heavy atom. The molecule has 122 valence electrons. The third kappa shape index (κ3) is 4.03. The number of carbonyl (C=O) groups is 1. The highest BCUT2D eigenvalue weighted by Crippen LogP contribution is 2.28. The lowest BCUT2D eigenvalue weighted by molar-refractivity contribution is -0.122. The number of ether oxygens (including phenoxy) is 1. The maximum atomic E-state index is 12.5. The van der Waals surface area contributed by atoms with Crippen LogP contribution >= 0.6 is 12.4 Å². The van der Waals surface area contributed by atoms with Gasteiger partial charge in [-0.3, -0.25) is 4.79 Å². The largest absolute Gasteiger partial charge is 0.480 e. The maximum absolute atomic E-state index is 12.5. The van der Waals surface area contributed by atoms with Crippen molar-refractivity contribution in [3.05, 3.63) is 59.7 Å². The van der Waals surface area contributed by atoms with Gasteiger partial charge in [0.2, 0.25) is 0 Å². The zero-order valence-electron chi connectivity index (χ0n) is 13.0. The van der Waals surface area contributed by atoms with E-state index in [0.29, 0.717) is 6.42 Å². The van der Waals surface area contributed by atoms with E-state index in [1.807, 2.05) is 48.5 Å². The van der Waals surface area contributed by atoms with Gasteiger partial charge in [0.1, 0.15) is 5.75 Å². The first-order chi connectivity index (χ1) is 10.8. The number of anilines is 1. The number of para-hydroxylation sites is 2. The lowest BCUT2D eigenvalue weighted by Gasteiger charge is -2.14. The lowest BCUT2D eigenvalue weighted by Crippen LogP contribution is -2.32. The quantitative estimate of drug-likeness (QED) is 0.884. The van der Waals surface area contributed by atoms with E-state index in [-0.39, 0.29) is 18.3 Å². The zero-order valence-corrected chi connectivity index (χ0v) is 13.9. The molecule has 0 aliphatic carbocycles. The van der Waals surface area contributed by atoms with Crippen molar-refractivity contribution >= 4 is 24.0 Å². The Hall–Kier alpha value is -2.04. The Kier molecular flexibility index (Phi) is 6.02. The fourth-order valence-corrected chi connectivity index (χ4v) is 2.60. The number of hydrogen-bond acceptors (Lipinski definition) is 3. The SMILES string of the molecule is CCNCc1ccccc1NC(=O)C1Cc2ccccc2O1.Cl. The fourth-order valence-electron chi connectivity index (χ4n) is 2.60. The fraction of sp³-hybridized carbons (Fsp3) is 0.278. The Morgan fingerprint density at radius 1 is 1.17 bits per heavy atom. The van der Waals surface area contributed by atoms with Gasteiger partial charge < -0.3 is 15.4 Å². The molecule has 3 rings (SSSR count). The number of nitrogens with one attached hydrogen (secondary N) is 2. The summed E-state index contributed by atoms with van der Waals surface area (Å²) >= 11 is 0. The van der Waals surface area contributed by atoms with Crippen LogP contribution in [0.1, 0.15) is 18.1 Å². The number of halogens is 1. The summed E-state index contributed by atoms with van der Waals surface area (Å²) < 4.78 is 5.73. The van der Waals surface area contributed by atoms with E-state index in [1.54, 1.807) is 0 Å². The molecule has 0 spiro atoms. The van der Waals surface area contributed by atoms with Gasteiger partial charge in [-0.25, -0.2) is 0 Å². The number of carbonyl (C=O) groups excluding carboxylic acids is 1. The van der Waals surface area contributed by atoms with Gasteiger partial charge in [0.25, 0.3) is 5.91 Å². The molecule has 5 heteroatoms. The van der Waals surface area contributed by atoms with Crippen LogP contribution < -0.4 is 15.4 Å². The molecule has 2 N–H and O–H groups in total. The molecule has 0 fully saturated rings. The van der Waals surface area contributed by atoms with Crippen LogP contribution in [0.3, 0.4) is 0 Å². The van der Waals surface area contributed by atoms with Crippen molar-refractivity contribution in [3.63, 3.8) is 0 Å². The van der Waals surface area contributed by atoms with Gasteiger partial charge in [-0.1, -0.05) is 43.3 Å². The van der Waals surface area contributed by atoms with Crippen molar-refractivity contribution in [2.75, 3.05) is 11.9 Å². The van der Waals surface area contributed by atoms with E-state index >= 15 is 0 Å². The molecule has 0 saturated heterocycles. The Morgan fingerprint density at radius 2 is 1.91 bits per heavy atom. The Balaban J connectivity index is 0.00000192. The molecule has 0 saturated carbocycles. The van der Waals surface area contributed by atoms with Crippen LogP contribution in [0.15, 0.2) is 48.5 Å². The monoisotopic (exact) mass is 332 g/mol. The van der Waals surface area contributed by atoms with E-state index in [4.69, 9.17) is 4.74 Å². The van der Waals surface area contributed by atoms with Crippen LogP contribution in [0, 0.1) is 0 Å². The number of amides is 1. The van der Waals surface area contributed by atoms with E-state index in [1.165, 1.54) is 0 Å². The van der Waals surface area contributed by atoms with Gasteiger partial charge in [0.05, 0.1) is 0 Å². The summed E-state index contributed by atoms with van der Waals surface area (Å²) in [7, 11) is 0. The normalized spacial score (nSPS) is 15.3. The second-order valence-corrected chi connectivity index (χ2v) is 5.35. The summed E-state index contributed by atoms with van der Waals surface area (Å²) in [6.07, 6.45) is 0.168. The minimum atomic E-state index is -0.454. The van der Waals surface area contributed by atoms with Gasteiger partial charge in [-0.05, 0) is 29.8 Å². The van der Waals surface area contributed by atoms with Crippen LogP contribution in [0.4, 0.5) is 5.69 Å². The average Bonchev–Trinajstić information content (AvgIpc) is 2.98. The third-order valence-electron chi connectivity index (χ3n) is 3.78. The third-order valence-corrected chi connectivity index (χ3v) is 3.78. The first-order valence-corrected chi connectivity index (χ1v) is 7.62. The first kappa shape index (κ1) is 17.3. The molecule has 1 aliphatic rings. The topological polar surface area (TPSA) is 50.4 Å². The number of rotatable bonds is 5. The van der Waals surface area contributed by atoms with Crippen LogP contribution in [0.25, 0.3) is 0 Å². The minimum Gasteiger partial charge on any atom is -0.480 e. The molecule has 0 bridgehead atoms. The van der Waals surface area contributed by atoms with Crippen LogP contribution in [-0.4, -0.2) is 18.6 Å². The molecular weight excluding hydrogens is 312 g/mol. The highest BCUT2D eigenvalue weighted by atomic mass is 35.5. The molecular formula is C18H21ClN2O2. The molecule has 1 unspecified atom stereocenters. The van der Waals surface area contributed by atoms with Crippen molar-refractivity contribution in [1.82, 2.24) is 5.32 Å². The summed E-state index contributed by atoms with van der Waals surface area (Å²) in [5, 5.41) is 6.27. The molecule has 4 nitrogen and oxygen atoms in total. The van der Waals surface area contributed by atoms with Gasteiger partial charge in [0.15, 0.2) is 6.10 Å². The van der Waals surface area contributed by atoms with Crippen LogP contribution in [0.5, 0.6) is 5.75 Å². The van der Waals surface area contributed by atoms with Gasteiger partial charge in [-0.15, -0.1) is 12.4 Å². The molecule has 2 aromatic rings. The molecule has 1 aliphatic heterocycles. The summed E-state index contributed by atoms with van der Waals surface area (Å²) in [6.45, 7) is 3.69. The van der Waals surface area contributed by atoms with E-state index in [2.05, 4.69) is 17.6 Å². The molecule has 1 atom stereocenters. The van der Waals surface area contributed by atoms with Crippen molar-refractivity contribution in [2.24, 2.45) is 0 Å². The predicted octanol–water partition coefficient (Wildman–Crippen LogP) is 3.16. The Labute approximate surface area is 142 Å². The lowest BCUT2D eigenvalue weighted by atomic mass is 10.1. The highest BCUT2D eigenvalue weighted by molar-refractivity contribution is 5.95. The van der Waals surface area contributed by atoms with Crippen LogP contribution in [0.2, 0.25) is 0 Å². The predicted molar refractivity (Wildman–Crippen MR) is 94.3 cm³/mol. The van der Waals surface area contributed by atoms with Crippen molar-refractivity contribution < 1.29 is 9.53 Å². The number of fused-ring (bicyclic) bond motifs is 1.